The van der Waals surface area contributed by atoms with Crippen molar-refractivity contribution < 1.29 is 23.1 Å². The number of sulfonamides is 1. The van der Waals surface area contributed by atoms with Crippen LogP contribution >= 0.6 is 0 Å². The van der Waals surface area contributed by atoms with Crippen LogP contribution in [0.3, 0.4) is 0 Å². The molecule has 4 heterocycles. The molecule has 2 aliphatic rings. The first-order valence-corrected chi connectivity index (χ1v) is 13.3. The smallest absolute Gasteiger partial charge is 0.341 e. The van der Waals surface area contributed by atoms with Crippen molar-refractivity contribution in [1.82, 2.24) is 18.8 Å². The topological polar surface area (TPSA) is 127 Å². The monoisotopic (exact) mass is 513 g/mol. The molecule has 2 aliphatic heterocycles. The third-order valence-corrected chi connectivity index (χ3v) is 7.99. The van der Waals surface area contributed by atoms with Gasteiger partial charge in [0.25, 0.3) is 0 Å². The zero-order chi connectivity index (χ0) is 25.9. The maximum atomic E-state index is 12.6. The summed E-state index contributed by atoms with van der Waals surface area (Å²) < 4.78 is 34.0. The quantitative estimate of drug-likeness (QED) is 0.528. The first-order valence-electron chi connectivity index (χ1n) is 11.5. The zero-order valence-corrected chi connectivity index (χ0v) is 21.2. The summed E-state index contributed by atoms with van der Waals surface area (Å²) >= 11 is 0. The normalized spacial score (nSPS) is 16.0. The standard InChI is InChI=1S/C24H27N5O6S/c1-14(2)28-10-15-5-19(16-8-25-27(9-16)17-11-26(12-17)36(4,33)34)23(35-3)6-18(15)21-7-22(30)20(24(31)32)13-29(21)28/h5-9,13-14,17H,10-12H2,1-4H3,(H,31,32). The predicted octanol–water partition coefficient (Wildman–Crippen LogP) is 1.76. The van der Waals surface area contributed by atoms with Crippen LogP contribution in [-0.2, 0) is 16.6 Å². The van der Waals surface area contributed by atoms with Gasteiger partial charge in [-0.15, -0.1) is 0 Å². The number of carboxylic acids is 1. The van der Waals surface area contributed by atoms with E-state index in [0.717, 1.165) is 22.3 Å². The molecule has 1 fully saturated rings. The summed E-state index contributed by atoms with van der Waals surface area (Å²) in [5.74, 6) is -0.681. The summed E-state index contributed by atoms with van der Waals surface area (Å²) in [6.07, 6.45) is 6.19. The second kappa shape index (κ2) is 8.49. The highest BCUT2D eigenvalue weighted by Crippen LogP contribution is 2.40. The van der Waals surface area contributed by atoms with Crippen molar-refractivity contribution in [1.29, 1.82) is 0 Å². The first kappa shape index (κ1) is 24.1. The van der Waals surface area contributed by atoms with Gasteiger partial charge in [0.1, 0.15) is 11.3 Å². The van der Waals surface area contributed by atoms with Crippen molar-refractivity contribution >= 4 is 16.0 Å². The van der Waals surface area contributed by atoms with E-state index in [4.69, 9.17) is 4.74 Å². The number of benzene rings is 1. The maximum absolute atomic E-state index is 12.6. The van der Waals surface area contributed by atoms with E-state index < -0.39 is 21.4 Å². The van der Waals surface area contributed by atoms with E-state index in [2.05, 4.69) is 5.10 Å². The summed E-state index contributed by atoms with van der Waals surface area (Å²) in [7, 11) is -1.65. The largest absolute Gasteiger partial charge is 0.496 e. The maximum Gasteiger partial charge on any atom is 0.341 e. The molecule has 1 aromatic carbocycles. The number of fused-ring (bicyclic) bond motifs is 3. The lowest BCUT2D eigenvalue weighted by Gasteiger charge is -2.38. The van der Waals surface area contributed by atoms with Crippen LogP contribution in [0.2, 0.25) is 0 Å². The predicted molar refractivity (Wildman–Crippen MR) is 133 cm³/mol. The molecule has 0 amide bonds. The van der Waals surface area contributed by atoms with E-state index in [1.165, 1.54) is 22.8 Å². The Labute approximate surface area is 208 Å². The third kappa shape index (κ3) is 3.95. The van der Waals surface area contributed by atoms with Gasteiger partial charge in [0.05, 0.1) is 37.8 Å². The first-order chi connectivity index (χ1) is 17.0. The molecule has 12 heteroatoms. The van der Waals surface area contributed by atoms with Gasteiger partial charge in [-0.3, -0.25) is 14.2 Å². The molecule has 3 aromatic rings. The fraction of sp³-hybridized carbons (Fsp3) is 0.375. The van der Waals surface area contributed by atoms with Gasteiger partial charge >= 0.3 is 5.97 Å². The van der Waals surface area contributed by atoms with E-state index in [9.17, 15) is 23.1 Å². The van der Waals surface area contributed by atoms with Crippen LogP contribution in [-0.4, -0.2) is 70.8 Å². The molecule has 1 N–H and O–H groups in total. The summed E-state index contributed by atoms with van der Waals surface area (Å²) in [6.45, 7) is 5.27. The van der Waals surface area contributed by atoms with Gasteiger partial charge in [-0.1, -0.05) is 0 Å². The second-order valence-electron chi connectivity index (χ2n) is 9.43. The summed E-state index contributed by atoms with van der Waals surface area (Å²) in [5, 5.41) is 15.9. The second-order valence-corrected chi connectivity index (χ2v) is 11.4. The van der Waals surface area contributed by atoms with E-state index in [1.54, 1.807) is 22.7 Å². The lowest BCUT2D eigenvalue weighted by Crippen LogP contribution is -2.50. The Morgan fingerprint density at radius 3 is 2.50 bits per heavy atom. The van der Waals surface area contributed by atoms with E-state index in [-0.39, 0.29) is 17.6 Å². The molecule has 0 radical (unpaired) electrons. The average Bonchev–Trinajstić information content (AvgIpc) is 3.24. The molecule has 0 unspecified atom stereocenters. The van der Waals surface area contributed by atoms with E-state index in [1.807, 2.05) is 37.2 Å². The van der Waals surface area contributed by atoms with Gasteiger partial charge in [-0.05, 0) is 31.5 Å². The number of aromatic carboxylic acids is 1. The van der Waals surface area contributed by atoms with E-state index in [0.29, 0.717) is 31.1 Å². The Kier molecular flexibility index (Phi) is 5.67. The molecular weight excluding hydrogens is 486 g/mol. The molecular formula is C24H27N5O6S. The van der Waals surface area contributed by atoms with Crippen LogP contribution in [0.15, 0.2) is 41.6 Å². The van der Waals surface area contributed by atoms with Gasteiger partial charge in [0.15, 0.2) is 5.43 Å². The number of methoxy groups -OCH3 is 1. The number of aromatic nitrogens is 3. The summed E-state index contributed by atoms with van der Waals surface area (Å²) in [6, 6.07) is 5.23. The lowest BCUT2D eigenvalue weighted by atomic mass is 9.95. The number of rotatable bonds is 6. The van der Waals surface area contributed by atoms with Crippen LogP contribution in [0.1, 0.15) is 35.8 Å². The minimum absolute atomic E-state index is 0.0317. The molecule has 11 nitrogen and oxygen atoms in total. The molecule has 1 saturated heterocycles. The highest BCUT2D eigenvalue weighted by Gasteiger charge is 2.35. The van der Waals surface area contributed by atoms with Crippen LogP contribution in [0.5, 0.6) is 5.75 Å². The molecule has 190 valence electrons. The molecule has 0 spiro atoms. The van der Waals surface area contributed by atoms with Crippen molar-refractivity contribution in [2.24, 2.45) is 0 Å². The fourth-order valence-corrected chi connectivity index (χ4v) is 5.59. The fourth-order valence-electron chi connectivity index (χ4n) is 4.70. The lowest BCUT2D eigenvalue weighted by molar-refractivity contribution is 0.0694. The van der Waals surface area contributed by atoms with Gasteiger partial charge in [0, 0.05) is 54.3 Å². The van der Waals surface area contributed by atoms with Gasteiger partial charge in [-0.25, -0.2) is 13.2 Å². The van der Waals surface area contributed by atoms with Crippen LogP contribution in [0.4, 0.5) is 0 Å². The number of ether oxygens (including phenoxy) is 1. The van der Waals surface area contributed by atoms with Gasteiger partial charge < -0.3 is 14.9 Å². The number of carboxylic acid groups (broad SMARTS) is 1. The molecule has 0 aliphatic carbocycles. The highest BCUT2D eigenvalue weighted by molar-refractivity contribution is 7.88. The Hall–Kier alpha value is -3.64. The van der Waals surface area contributed by atoms with Crippen molar-refractivity contribution in [3.8, 4) is 28.1 Å². The molecule has 0 saturated carbocycles. The Balaban J connectivity index is 1.56. The Bertz CT molecular complexity index is 1530. The molecule has 5 rings (SSSR count). The number of pyridine rings is 1. The zero-order valence-electron chi connectivity index (χ0n) is 20.4. The summed E-state index contributed by atoms with van der Waals surface area (Å²) in [5.41, 5.74) is 3.15. The number of carbonyl (C=O) groups is 1. The average molecular weight is 514 g/mol. The van der Waals surface area contributed by atoms with Crippen LogP contribution in [0.25, 0.3) is 22.4 Å². The SMILES string of the molecule is COc1cc2c(cc1-c1cnn(C3CN(S(C)(=O)=O)C3)c1)CN(C(C)C)n1cc(C(=O)O)c(=O)cc1-2. The van der Waals surface area contributed by atoms with Crippen molar-refractivity contribution in [2.45, 2.75) is 32.5 Å². The Morgan fingerprint density at radius 2 is 1.89 bits per heavy atom. The number of hydrogen-bond acceptors (Lipinski definition) is 7. The number of nitrogens with zero attached hydrogens (tertiary/aromatic N) is 5. The van der Waals surface area contributed by atoms with Crippen molar-refractivity contribution in [3.63, 3.8) is 0 Å². The number of hydrogen-bond donors (Lipinski definition) is 1. The third-order valence-electron chi connectivity index (χ3n) is 6.75. The molecule has 0 bridgehead atoms. The molecule has 2 aromatic heterocycles. The molecule has 0 atom stereocenters. The summed E-state index contributed by atoms with van der Waals surface area (Å²) in [4.78, 5) is 24.1. The highest BCUT2D eigenvalue weighted by atomic mass is 32.2. The van der Waals surface area contributed by atoms with Crippen molar-refractivity contribution in [3.05, 3.63) is 58.1 Å². The minimum atomic E-state index is -3.21. The van der Waals surface area contributed by atoms with Crippen LogP contribution in [0, 0.1) is 0 Å². The van der Waals surface area contributed by atoms with Gasteiger partial charge in [-0.2, -0.15) is 9.40 Å². The minimum Gasteiger partial charge on any atom is -0.496 e. The Morgan fingerprint density at radius 1 is 1.17 bits per heavy atom. The van der Waals surface area contributed by atoms with Crippen LogP contribution < -0.4 is 15.2 Å². The van der Waals surface area contributed by atoms with E-state index >= 15 is 0 Å². The molecule has 36 heavy (non-hydrogen) atoms. The van der Waals surface area contributed by atoms with Gasteiger partial charge in [0.2, 0.25) is 10.0 Å². The van der Waals surface area contributed by atoms with Crippen molar-refractivity contribution in [2.75, 3.05) is 31.5 Å².